The molecule has 154 valence electrons. The van der Waals surface area contributed by atoms with Crippen molar-refractivity contribution in [3.63, 3.8) is 0 Å². The fourth-order valence-electron chi connectivity index (χ4n) is 3.72. The molecule has 1 aromatic heterocycles. The number of anilines is 1. The van der Waals surface area contributed by atoms with Crippen molar-refractivity contribution in [3.8, 4) is 0 Å². The topological polar surface area (TPSA) is 61.4 Å². The van der Waals surface area contributed by atoms with Gasteiger partial charge in [-0.2, -0.15) is 11.3 Å². The standard InChI is InChI=1S/C23H22FN3O2S/c24-19-7-3-4-8-20(19)26-23(29)22(28)25-13-21(18-10-12-30-15-18)27-11-9-16-5-1-2-6-17(16)14-27/h1-8,10,12,15,21H,9,11,13-14H2,(H,25,28)(H,26,29). The summed E-state index contributed by atoms with van der Waals surface area (Å²) in [6.45, 7) is 1.95. The first-order valence-corrected chi connectivity index (χ1v) is 10.7. The van der Waals surface area contributed by atoms with E-state index in [2.05, 4.69) is 39.1 Å². The maximum atomic E-state index is 13.7. The third-order valence-corrected chi connectivity index (χ3v) is 6.01. The molecule has 2 N–H and O–H groups in total. The molecule has 0 spiro atoms. The number of hydrogen-bond acceptors (Lipinski definition) is 4. The molecule has 2 aromatic carbocycles. The van der Waals surface area contributed by atoms with Crippen molar-refractivity contribution in [1.29, 1.82) is 0 Å². The minimum absolute atomic E-state index is 0.0142. The second-order valence-corrected chi connectivity index (χ2v) is 7.99. The van der Waals surface area contributed by atoms with Crippen LogP contribution < -0.4 is 10.6 Å². The lowest BCUT2D eigenvalue weighted by atomic mass is 9.97. The Labute approximate surface area is 178 Å². The summed E-state index contributed by atoms with van der Waals surface area (Å²) in [6.07, 6.45) is 0.943. The van der Waals surface area contributed by atoms with Gasteiger partial charge in [0.15, 0.2) is 0 Å². The van der Waals surface area contributed by atoms with E-state index in [1.165, 1.54) is 29.3 Å². The Hall–Kier alpha value is -3.03. The van der Waals surface area contributed by atoms with Gasteiger partial charge >= 0.3 is 11.8 Å². The molecule has 7 heteroatoms. The van der Waals surface area contributed by atoms with Crippen molar-refractivity contribution in [2.24, 2.45) is 0 Å². The van der Waals surface area contributed by atoms with E-state index in [0.29, 0.717) is 6.54 Å². The molecule has 3 aromatic rings. The first kappa shape index (κ1) is 20.3. The smallest absolute Gasteiger partial charge is 0.313 e. The fourth-order valence-corrected chi connectivity index (χ4v) is 4.42. The first-order valence-electron chi connectivity index (χ1n) is 9.78. The van der Waals surface area contributed by atoms with E-state index in [4.69, 9.17) is 0 Å². The van der Waals surface area contributed by atoms with Gasteiger partial charge in [-0.1, -0.05) is 36.4 Å². The number of fused-ring (bicyclic) bond motifs is 1. The number of benzene rings is 2. The highest BCUT2D eigenvalue weighted by Gasteiger charge is 2.26. The summed E-state index contributed by atoms with van der Waals surface area (Å²) in [5.41, 5.74) is 3.73. The molecule has 2 heterocycles. The van der Waals surface area contributed by atoms with Gasteiger partial charge < -0.3 is 10.6 Å². The molecular formula is C23H22FN3O2S. The monoisotopic (exact) mass is 423 g/mol. The summed E-state index contributed by atoms with van der Waals surface area (Å²) in [6, 6.07) is 16.1. The lowest BCUT2D eigenvalue weighted by Gasteiger charge is -2.35. The Kier molecular flexibility index (Phi) is 6.21. The number of para-hydroxylation sites is 1. The van der Waals surface area contributed by atoms with Crippen molar-refractivity contribution in [1.82, 2.24) is 10.2 Å². The molecule has 0 bridgehead atoms. The van der Waals surface area contributed by atoms with Crippen LogP contribution in [0.25, 0.3) is 0 Å². The molecule has 0 fully saturated rings. The van der Waals surface area contributed by atoms with Crippen LogP contribution in [0.2, 0.25) is 0 Å². The van der Waals surface area contributed by atoms with Crippen LogP contribution in [0.4, 0.5) is 10.1 Å². The zero-order chi connectivity index (χ0) is 20.9. The molecule has 0 aliphatic carbocycles. The molecule has 1 aliphatic rings. The Bertz CT molecular complexity index is 1040. The molecule has 1 aliphatic heterocycles. The summed E-state index contributed by atoms with van der Waals surface area (Å²) in [5.74, 6) is -2.24. The van der Waals surface area contributed by atoms with Crippen LogP contribution in [0.3, 0.4) is 0 Å². The predicted molar refractivity (Wildman–Crippen MR) is 116 cm³/mol. The zero-order valence-electron chi connectivity index (χ0n) is 16.3. The Morgan fingerprint density at radius 2 is 1.80 bits per heavy atom. The predicted octanol–water partition coefficient (Wildman–Crippen LogP) is 3.74. The lowest BCUT2D eigenvalue weighted by Crippen LogP contribution is -2.43. The van der Waals surface area contributed by atoms with Gasteiger partial charge in [0.05, 0.1) is 11.7 Å². The highest BCUT2D eigenvalue weighted by atomic mass is 32.1. The Morgan fingerprint density at radius 3 is 2.57 bits per heavy atom. The van der Waals surface area contributed by atoms with E-state index in [0.717, 1.165) is 25.1 Å². The van der Waals surface area contributed by atoms with Crippen LogP contribution in [-0.4, -0.2) is 29.8 Å². The van der Waals surface area contributed by atoms with E-state index >= 15 is 0 Å². The highest BCUT2D eigenvalue weighted by Crippen LogP contribution is 2.28. The summed E-state index contributed by atoms with van der Waals surface area (Å²) < 4.78 is 13.7. The minimum atomic E-state index is -0.881. The molecule has 0 saturated carbocycles. The Balaban J connectivity index is 1.43. The molecule has 4 rings (SSSR count). The molecule has 2 amide bonds. The molecule has 1 unspecified atom stereocenters. The Morgan fingerprint density at radius 1 is 1.03 bits per heavy atom. The van der Waals surface area contributed by atoms with Crippen LogP contribution in [-0.2, 0) is 22.6 Å². The van der Waals surface area contributed by atoms with Crippen molar-refractivity contribution >= 4 is 28.8 Å². The van der Waals surface area contributed by atoms with Gasteiger partial charge in [0.1, 0.15) is 5.82 Å². The molecule has 1 atom stereocenters. The van der Waals surface area contributed by atoms with Gasteiger partial charge in [0.25, 0.3) is 0 Å². The first-order chi connectivity index (χ1) is 14.6. The largest absolute Gasteiger partial charge is 0.346 e. The normalized spacial score (nSPS) is 14.6. The van der Waals surface area contributed by atoms with Crippen molar-refractivity contribution in [2.45, 2.75) is 19.0 Å². The van der Waals surface area contributed by atoms with E-state index in [1.54, 1.807) is 17.4 Å². The number of nitrogens with zero attached hydrogens (tertiary/aromatic N) is 1. The van der Waals surface area contributed by atoms with Crippen molar-refractivity contribution in [2.75, 3.05) is 18.4 Å². The average Bonchev–Trinajstić information content (AvgIpc) is 3.30. The maximum absolute atomic E-state index is 13.7. The second-order valence-electron chi connectivity index (χ2n) is 7.21. The van der Waals surface area contributed by atoms with E-state index < -0.39 is 17.6 Å². The van der Waals surface area contributed by atoms with Gasteiger partial charge in [0.2, 0.25) is 0 Å². The van der Waals surface area contributed by atoms with Gasteiger partial charge in [-0.15, -0.1) is 0 Å². The number of amides is 2. The number of thiophene rings is 1. The molecular weight excluding hydrogens is 401 g/mol. The van der Waals surface area contributed by atoms with Crippen molar-refractivity contribution in [3.05, 3.63) is 87.9 Å². The quantitative estimate of drug-likeness (QED) is 0.615. The number of carbonyl (C=O) groups is 2. The second kappa shape index (κ2) is 9.19. The molecule has 30 heavy (non-hydrogen) atoms. The average molecular weight is 424 g/mol. The van der Waals surface area contributed by atoms with E-state index in [-0.39, 0.29) is 11.7 Å². The van der Waals surface area contributed by atoms with Crippen LogP contribution in [0, 0.1) is 5.82 Å². The van der Waals surface area contributed by atoms with Crippen LogP contribution in [0.1, 0.15) is 22.7 Å². The lowest BCUT2D eigenvalue weighted by molar-refractivity contribution is -0.136. The summed E-state index contributed by atoms with van der Waals surface area (Å²) >= 11 is 1.60. The van der Waals surface area contributed by atoms with Gasteiger partial charge in [0, 0.05) is 19.6 Å². The van der Waals surface area contributed by atoms with Crippen LogP contribution in [0.15, 0.2) is 65.4 Å². The summed E-state index contributed by atoms with van der Waals surface area (Å²) in [4.78, 5) is 26.9. The van der Waals surface area contributed by atoms with Gasteiger partial charge in [-0.3, -0.25) is 14.5 Å². The fraction of sp³-hybridized carbons (Fsp3) is 0.217. The number of rotatable bonds is 5. The number of nitrogens with one attached hydrogen (secondary N) is 2. The minimum Gasteiger partial charge on any atom is -0.346 e. The van der Waals surface area contributed by atoms with Crippen LogP contribution >= 0.6 is 11.3 Å². The number of halogens is 1. The third-order valence-electron chi connectivity index (χ3n) is 5.31. The summed E-state index contributed by atoms with van der Waals surface area (Å²) in [7, 11) is 0. The summed E-state index contributed by atoms with van der Waals surface area (Å²) in [5, 5.41) is 9.12. The zero-order valence-corrected chi connectivity index (χ0v) is 17.1. The van der Waals surface area contributed by atoms with Crippen molar-refractivity contribution < 1.29 is 14.0 Å². The number of hydrogen-bond donors (Lipinski definition) is 2. The van der Waals surface area contributed by atoms with Crippen LogP contribution in [0.5, 0.6) is 0 Å². The molecule has 0 radical (unpaired) electrons. The van der Waals surface area contributed by atoms with E-state index in [1.807, 2.05) is 17.5 Å². The van der Waals surface area contributed by atoms with E-state index in [9.17, 15) is 14.0 Å². The third kappa shape index (κ3) is 4.58. The molecule has 5 nitrogen and oxygen atoms in total. The highest BCUT2D eigenvalue weighted by molar-refractivity contribution is 7.08. The molecule has 0 saturated heterocycles. The van der Waals surface area contributed by atoms with Gasteiger partial charge in [-0.05, 0) is 52.1 Å². The number of carbonyl (C=O) groups excluding carboxylic acids is 2. The maximum Gasteiger partial charge on any atom is 0.313 e. The van der Waals surface area contributed by atoms with Gasteiger partial charge in [-0.25, -0.2) is 4.39 Å². The SMILES string of the molecule is O=C(NCC(c1ccsc1)N1CCc2ccccc2C1)C(=O)Nc1ccccc1F.